The highest BCUT2D eigenvalue weighted by Gasteiger charge is 2.26. The average Bonchev–Trinajstić information content (AvgIpc) is 3.81. The zero-order valence-electron chi connectivity index (χ0n) is 30.4. The van der Waals surface area contributed by atoms with Crippen LogP contribution < -0.4 is 0 Å². The minimum Gasteiger partial charge on any atom is -0.455 e. The van der Waals surface area contributed by atoms with Crippen molar-refractivity contribution in [2.75, 3.05) is 0 Å². The van der Waals surface area contributed by atoms with E-state index in [0.29, 0.717) is 0 Å². The summed E-state index contributed by atoms with van der Waals surface area (Å²) in [6, 6.07) is 73.0. The van der Waals surface area contributed by atoms with Crippen LogP contribution in [-0.4, -0.2) is 4.57 Å². The topological polar surface area (TPSA) is 18.1 Å². The monoisotopic (exact) mass is 711 g/mol. The van der Waals surface area contributed by atoms with E-state index >= 15 is 0 Å². The van der Waals surface area contributed by atoms with E-state index in [1.807, 2.05) is 6.07 Å². The van der Waals surface area contributed by atoms with Crippen molar-refractivity contribution in [3.63, 3.8) is 0 Å². The molecule has 0 fully saturated rings. The fourth-order valence-electron chi connectivity index (χ4n) is 9.34. The second kappa shape index (κ2) is 12.0. The largest absolute Gasteiger partial charge is 0.455 e. The number of hydrogen-bond donors (Lipinski definition) is 0. The molecule has 0 radical (unpaired) electrons. The van der Waals surface area contributed by atoms with Gasteiger partial charge in [0.25, 0.3) is 0 Å². The third-order valence-electron chi connectivity index (χ3n) is 11.8. The van der Waals surface area contributed by atoms with Crippen molar-refractivity contribution in [1.82, 2.24) is 4.57 Å². The molecule has 0 atom stereocenters. The van der Waals surface area contributed by atoms with Crippen LogP contribution in [-0.2, 0) is 0 Å². The summed E-state index contributed by atoms with van der Waals surface area (Å²) in [5, 5.41) is 4.72. The molecule has 2 aromatic heterocycles. The highest BCUT2D eigenvalue weighted by molar-refractivity contribution is 6.14. The predicted molar refractivity (Wildman–Crippen MR) is 234 cm³/mol. The number of furan rings is 1. The minimum atomic E-state index is 0.901. The van der Waals surface area contributed by atoms with E-state index in [-0.39, 0.29) is 0 Å². The van der Waals surface area contributed by atoms with E-state index < -0.39 is 0 Å². The summed E-state index contributed by atoms with van der Waals surface area (Å²) in [7, 11) is 0. The van der Waals surface area contributed by atoms with Gasteiger partial charge in [0.1, 0.15) is 11.2 Å². The van der Waals surface area contributed by atoms with Gasteiger partial charge < -0.3 is 8.98 Å². The lowest BCUT2D eigenvalue weighted by molar-refractivity contribution is 0.670. The molecule has 260 valence electrons. The van der Waals surface area contributed by atoms with Gasteiger partial charge in [0.05, 0.1) is 11.0 Å². The normalized spacial score (nSPS) is 11.9. The van der Waals surface area contributed by atoms with Crippen molar-refractivity contribution in [1.29, 1.82) is 0 Å². The molecule has 0 saturated carbocycles. The van der Waals surface area contributed by atoms with Crippen LogP contribution in [0.5, 0.6) is 0 Å². The van der Waals surface area contributed by atoms with E-state index in [2.05, 4.69) is 199 Å². The van der Waals surface area contributed by atoms with Crippen molar-refractivity contribution in [3.8, 4) is 72.4 Å². The van der Waals surface area contributed by atoms with Gasteiger partial charge in [0.2, 0.25) is 0 Å². The smallest absolute Gasteiger partial charge is 0.143 e. The SMILES string of the molecule is c1ccc(-n2c3ccccc3c3cc(-c4cc(-c5cccc6c5oc5ccccc56)cc5c4-c4ccccc4-c4ccccc4-c4ccccc4-5)ccc32)cc1. The standard InChI is InChI=1S/C54H33NO/c1-2-15-36(16-3-1)55-50-27-12-10-22-43(50)48-31-34(29-30-51(48)55)47-32-35(37-25-14-26-46-44-23-11-13-28-52(44)56-54(37)46)33-49-42-21-7-6-19-40(42)38-17-4-5-18-39(38)41-20-8-9-24-45(41)53(47)49/h1-33H. The number of fused-ring (bicyclic) bond motifs is 14. The highest BCUT2D eigenvalue weighted by atomic mass is 16.3. The molecule has 0 unspecified atom stereocenters. The van der Waals surface area contributed by atoms with Gasteiger partial charge in [-0.25, -0.2) is 0 Å². The van der Waals surface area contributed by atoms with Gasteiger partial charge in [-0.05, 0) is 110 Å². The molecule has 0 amide bonds. The summed E-state index contributed by atoms with van der Waals surface area (Å²) in [5.41, 5.74) is 19.7. The van der Waals surface area contributed by atoms with Crippen LogP contribution in [0.25, 0.3) is 116 Å². The van der Waals surface area contributed by atoms with Crippen molar-refractivity contribution >= 4 is 43.7 Å². The van der Waals surface area contributed by atoms with Gasteiger partial charge in [-0.15, -0.1) is 0 Å². The number of para-hydroxylation sites is 4. The summed E-state index contributed by atoms with van der Waals surface area (Å²) in [6.45, 7) is 0. The second-order valence-electron chi connectivity index (χ2n) is 14.8. The quantitative estimate of drug-likeness (QED) is 0.178. The maximum atomic E-state index is 6.69. The highest BCUT2D eigenvalue weighted by Crippen LogP contribution is 2.52. The molecule has 2 heterocycles. The van der Waals surface area contributed by atoms with Crippen LogP contribution in [0.15, 0.2) is 205 Å². The van der Waals surface area contributed by atoms with E-state index in [1.165, 1.54) is 77.4 Å². The Hall–Kier alpha value is -7.42. The maximum Gasteiger partial charge on any atom is 0.143 e. The summed E-state index contributed by atoms with van der Waals surface area (Å²) in [5.74, 6) is 0. The van der Waals surface area contributed by atoms with Crippen molar-refractivity contribution < 1.29 is 4.42 Å². The molecule has 9 aromatic carbocycles. The summed E-state index contributed by atoms with van der Waals surface area (Å²) >= 11 is 0. The molecule has 0 N–H and O–H groups in total. The van der Waals surface area contributed by atoms with E-state index in [1.54, 1.807) is 0 Å². The first-order valence-electron chi connectivity index (χ1n) is 19.3. The minimum absolute atomic E-state index is 0.901. The van der Waals surface area contributed by atoms with Crippen molar-refractivity contribution in [3.05, 3.63) is 200 Å². The Labute approximate surface area is 324 Å². The second-order valence-corrected chi connectivity index (χ2v) is 14.8. The Balaban J connectivity index is 1.22. The molecule has 56 heavy (non-hydrogen) atoms. The third kappa shape index (κ3) is 4.50. The van der Waals surface area contributed by atoms with E-state index in [9.17, 15) is 0 Å². The molecule has 2 heteroatoms. The van der Waals surface area contributed by atoms with Crippen LogP contribution in [0, 0.1) is 0 Å². The zero-order valence-corrected chi connectivity index (χ0v) is 30.4. The lowest BCUT2D eigenvalue weighted by Crippen LogP contribution is -2.00. The van der Waals surface area contributed by atoms with Crippen molar-refractivity contribution in [2.24, 2.45) is 0 Å². The molecule has 0 bridgehead atoms. The lowest BCUT2D eigenvalue weighted by atomic mass is 9.77. The summed E-state index contributed by atoms with van der Waals surface area (Å²) in [4.78, 5) is 0. The molecule has 1 aliphatic rings. The molecule has 0 aliphatic heterocycles. The Morgan fingerprint density at radius 2 is 0.839 bits per heavy atom. The maximum absolute atomic E-state index is 6.69. The molecule has 0 saturated heterocycles. The number of aromatic nitrogens is 1. The lowest BCUT2D eigenvalue weighted by Gasteiger charge is -2.26. The third-order valence-corrected chi connectivity index (χ3v) is 11.8. The fraction of sp³-hybridized carbons (Fsp3) is 0. The predicted octanol–water partition coefficient (Wildman–Crippen LogP) is 15.0. The van der Waals surface area contributed by atoms with Gasteiger partial charge in [-0.1, -0.05) is 152 Å². The summed E-state index contributed by atoms with van der Waals surface area (Å²) < 4.78 is 9.08. The Kier molecular flexibility index (Phi) is 6.66. The molecule has 2 nitrogen and oxygen atoms in total. The first-order valence-corrected chi connectivity index (χ1v) is 19.3. The summed E-state index contributed by atoms with van der Waals surface area (Å²) in [6.07, 6.45) is 0. The number of nitrogens with zero attached hydrogens (tertiary/aromatic N) is 1. The first-order chi connectivity index (χ1) is 27.8. The van der Waals surface area contributed by atoms with Crippen LogP contribution >= 0.6 is 0 Å². The fourth-order valence-corrected chi connectivity index (χ4v) is 9.34. The van der Waals surface area contributed by atoms with Crippen LogP contribution in [0.1, 0.15) is 0 Å². The molecule has 0 spiro atoms. The number of rotatable bonds is 3. The van der Waals surface area contributed by atoms with Crippen LogP contribution in [0.4, 0.5) is 0 Å². The number of benzene rings is 9. The Morgan fingerprint density at radius 1 is 0.304 bits per heavy atom. The van der Waals surface area contributed by atoms with Gasteiger partial charge in [0.15, 0.2) is 0 Å². The van der Waals surface area contributed by atoms with E-state index in [4.69, 9.17) is 4.42 Å². The Morgan fingerprint density at radius 3 is 1.59 bits per heavy atom. The van der Waals surface area contributed by atoms with Gasteiger partial charge in [0, 0.05) is 32.8 Å². The van der Waals surface area contributed by atoms with Gasteiger partial charge >= 0.3 is 0 Å². The van der Waals surface area contributed by atoms with E-state index in [0.717, 1.165) is 38.8 Å². The molecule has 12 rings (SSSR count). The molecule has 11 aromatic rings. The van der Waals surface area contributed by atoms with Gasteiger partial charge in [-0.2, -0.15) is 0 Å². The van der Waals surface area contributed by atoms with Gasteiger partial charge in [-0.3, -0.25) is 0 Å². The average molecular weight is 712 g/mol. The Bertz CT molecular complexity index is 3360. The number of hydrogen-bond acceptors (Lipinski definition) is 1. The molecular weight excluding hydrogens is 679 g/mol. The zero-order chi connectivity index (χ0) is 36.7. The molecule has 1 aliphatic carbocycles. The van der Waals surface area contributed by atoms with Crippen LogP contribution in [0.2, 0.25) is 0 Å². The molecular formula is C54H33NO. The first kappa shape index (κ1) is 31.0. The van der Waals surface area contributed by atoms with Crippen LogP contribution in [0.3, 0.4) is 0 Å². The van der Waals surface area contributed by atoms with Crippen molar-refractivity contribution in [2.45, 2.75) is 0 Å².